The number of carbonyl (C=O) groups is 2. The van der Waals surface area contributed by atoms with Crippen LogP contribution in [0, 0.1) is 6.92 Å². The third-order valence-corrected chi connectivity index (χ3v) is 3.23. The molecule has 0 heterocycles. The normalized spacial score (nSPS) is 11.9. The summed E-state index contributed by atoms with van der Waals surface area (Å²) in [5.74, 6) is -1.80. The van der Waals surface area contributed by atoms with E-state index in [0.29, 0.717) is 10.0 Å². The molecule has 1 unspecified atom stereocenters. The Bertz CT molecular complexity index is 447. The van der Waals surface area contributed by atoms with Crippen LogP contribution in [-0.2, 0) is 4.79 Å². The molecule has 1 rings (SSSR count). The zero-order valence-electron chi connectivity index (χ0n) is 9.11. The van der Waals surface area contributed by atoms with E-state index in [2.05, 4.69) is 21.2 Å². The van der Waals surface area contributed by atoms with Crippen LogP contribution in [0.1, 0.15) is 15.9 Å². The smallest absolute Gasteiger partial charge is 0.334 e. The van der Waals surface area contributed by atoms with Gasteiger partial charge < -0.3 is 15.5 Å². The minimum absolute atomic E-state index is 0.325. The average Bonchev–Trinajstić information content (AvgIpc) is 2.29. The van der Waals surface area contributed by atoms with E-state index in [1.54, 1.807) is 12.1 Å². The lowest BCUT2D eigenvalue weighted by atomic mass is 10.1. The van der Waals surface area contributed by atoms with Crippen LogP contribution in [0.15, 0.2) is 22.7 Å². The molecule has 1 atom stereocenters. The number of hydrogen-bond acceptors (Lipinski definition) is 3. The molecule has 1 aromatic rings. The van der Waals surface area contributed by atoms with Gasteiger partial charge in [0.1, 0.15) is 0 Å². The molecule has 92 valence electrons. The fraction of sp³-hybridized carbons (Fsp3) is 0.273. The maximum Gasteiger partial charge on any atom is 0.334 e. The van der Waals surface area contributed by atoms with Crippen molar-refractivity contribution >= 4 is 27.8 Å². The summed E-state index contributed by atoms with van der Waals surface area (Å²) in [4.78, 5) is 22.1. The molecule has 6 heteroatoms. The molecule has 0 aliphatic rings. The molecule has 5 nitrogen and oxygen atoms in total. The van der Waals surface area contributed by atoms with Crippen molar-refractivity contribution < 1.29 is 19.8 Å². The fourth-order valence-corrected chi connectivity index (χ4v) is 1.64. The van der Waals surface area contributed by atoms with Crippen molar-refractivity contribution in [3.63, 3.8) is 0 Å². The summed E-state index contributed by atoms with van der Waals surface area (Å²) in [7, 11) is 0. The standard InChI is InChI=1S/C11H12BrNO4/c1-6-3-2-4-7(9(6)12)10(15)13-5-8(14)11(16)17/h2-4,8,14H,5H2,1H3,(H,13,15)(H,16,17). The van der Waals surface area contributed by atoms with Crippen molar-refractivity contribution in [1.29, 1.82) is 0 Å². The van der Waals surface area contributed by atoms with Crippen LogP contribution in [-0.4, -0.2) is 34.7 Å². The summed E-state index contributed by atoms with van der Waals surface area (Å²) >= 11 is 3.28. The number of amides is 1. The van der Waals surface area contributed by atoms with Crippen LogP contribution < -0.4 is 5.32 Å². The van der Waals surface area contributed by atoms with Gasteiger partial charge in [-0.25, -0.2) is 4.79 Å². The van der Waals surface area contributed by atoms with Crippen LogP contribution in [0.4, 0.5) is 0 Å². The van der Waals surface area contributed by atoms with Crippen molar-refractivity contribution in [3.8, 4) is 0 Å². The topological polar surface area (TPSA) is 86.6 Å². The molecule has 0 aromatic heterocycles. The number of aryl methyl sites for hydroxylation is 1. The Kier molecular flexibility index (Phi) is 4.65. The van der Waals surface area contributed by atoms with Crippen LogP contribution in [0.3, 0.4) is 0 Å². The summed E-state index contributed by atoms with van der Waals surface area (Å²) in [6.45, 7) is 1.52. The second kappa shape index (κ2) is 5.79. The van der Waals surface area contributed by atoms with Crippen LogP contribution in [0.2, 0.25) is 0 Å². The Hall–Kier alpha value is -1.40. The first kappa shape index (κ1) is 13.7. The molecule has 0 radical (unpaired) electrons. The van der Waals surface area contributed by atoms with E-state index in [1.807, 2.05) is 13.0 Å². The highest BCUT2D eigenvalue weighted by molar-refractivity contribution is 9.10. The van der Waals surface area contributed by atoms with Crippen molar-refractivity contribution in [3.05, 3.63) is 33.8 Å². The highest BCUT2D eigenvalue weighted by Crippen LogP contribution is 2.20. The molecule has 0 aliphatic carbocycles. The number of carboxylic acid groups (broad SMARTS) is 1. The van der Waals surface area contributed by atoms with Gasteiger partial charge in [0.05, 0.1) is 12.1 Å². The van der Waals surface area contributed by atoms with Gasteiger partial charge in [-0.15, -0.1) is 0 Å². The Morgan fingerprint density at radius 3 is 2.71 bits per heavy atom. The van der Waals surface area contributed by atoms with Gasteiger partial charge in [0.25, 0.3) is 5.91 Å². The first-order chi connectivity index (χ1) is 7.93. The highest BCUT2D eigenvalue weighted by Gasteiger charge is 2.16. The Balaban J connectivity index is 2.71. The lowest BCUT2D eigenvalue weighted by Gasteiger charge is -2.09. The van der Waals surface area contributed by atoms with Crippen LogP contribution in [0.5, 0.6) is 0 Å². The van der Waals surface area contributed by atoms with E-state index in [4.69, 9.17) is 10.2 Å². The van der Waals surface area contributed by atoms with Gasteiger partial charge in [0.2, 0.25) is 0 Å². The largest absolute Gasteiger partial charge is 0.479 e. The van der Waals surface area contributed by atoms with Gasteiger partial charge in [-0.05, 0) is 34.5 Å². The number of aliphatic hydroxyl groups is 1. The van der Waals surface area contributed by atoms with Gasteiger partial charge in [-0.2, -0.15) is 0 Å². The first-order valence-corrected chi connectivity index (χ1v) is 5.67. The van der Waals surface area contributed by atoms with Gasteiger partial charge in [-0.1, -0.05) is 12.1 Å². The lowest BCUT2D eigenvalue weighted by Crippen LogP contribution is -2.36. The first-order valence-electron chi connectivity index (χ1n) is 4.87. The number of rotatable bonds is 4. The second-order valence-electron chi connectivity index (χ2n) is 3.50. The number of halogens is 1. The van der Waals surface area contributed by atoms with E-state index in [9.17, 15) is 9.59 Å². The van der Waals surface area contributed by atoms with Crippen molar-refractivity contribution in [1.82, 2.24) is 5.32 Å². The van der Waals surface area contributed by atoms with E-state index in [1.165, 1.54) is 0 Å². The molecule has 0 bridgehead atoms. The lowest BCUT2D eigenvalue weighted by molar-refractivity contribution is -0.146. The SMILES string of the molecule is Cc1cccc(C(=O)NCC(O)C(=O)O)c1Br. The molecule has 1 amide bonds. The summed E-state index contributed by atoms with van der Waals surface area (Å²) in [6.07, 6.45) is -1.59. The van der Waals surface area contributed by atoms with Crippen molar-refractivity contribution in [2.45, 2.75) is 13.0 Å². The molecule has 17 heavy (non-hydrogen) atoms. The summed E-state index contributed by atoms with van der Waals surface area (Å²) in [5, 5.41) is 19.8. The van der Waals surface area contributed by atoms with Gasteiger partial charge in [-0.3, -0.25) is 4.79 Å². The van der Waals surface area contributed by atoms with Gasteiger partial charge in [0, 0.05) is 4.47 Å². The Morgan fingerprint density at radius 2 is 2.12 bits per heavy atom. The van der Waals surface area contributed by atoms with Crippen molar-refractivity contribution in [2.24, 2.45) is 0 Å². The minimum atomic E-state index is -1.59. The van der Waals surface area contributed by atoms with Gasteiger partial charge >= 0.3 is 5.97 Å². The number of hydrogen-bond donors (Lipinski definition) is 3. The molecule has 0 fully saturated rings. The Morgan fingerprint density at radius 1 is 1.47 bits per heavy atom. The molecule has 0 saturated carbocycles. The average molecular weight is 302 g/mol. The fourth-order valence-electron chi connectivity index (χ4n) is 1.19. The molecule has 0 saturated heterocycles. The number of carboxylic acids is 1. The number of aliphatic carboxylic acids is 1. The quantitative estimate of drug-likeness (QED) is 0.772. The van der Waals surface area contributed by atoms with Crippen LogP contribution in [0.25, 0.3) is 0 Å². The minimum Gasteiger partial charge on any atom is -0.479 e. The second-order valence-corrected chi connectivity index (χ2v) is 4.29. The third-order valence-electron chi connectivity index (χ3n) is 2.18. The number of benzene rings is 1. The molecule has 0 spiro atoms. The van der Waals surface area contributed by atoms with E-state index < -0.39 is 18.0 Å². The van der Waals surface area contributed by atoms with Crippen molar-refractivity contribution in [2.75, 3.05) is 6.54 Å². The predicted octanol–water partition coefficient (Wildman–Crippen LogP) is 0.933. The predicted molar refractivity (Wildman–Crippen MR) is 64.9 cm³/mol. The molecule has 1 aromatic carbocycles. The number of carbonyl (C=O) groups excluding carboxylic acids is 1. The molecule has 3 N–H and O–H groups in total. The zero-order chi connectivity index (χ0) is 13.0. The van der Waals surface area contributed by atoms with E-state index in [-0.39, 0.29) is 6.54 Å². The number of nitrogens with one attached hydrogen (secondary N) is 1. The number of aliphatic hydroxyl groups excluding tert-OH is 1. The van der Waals surface area contributed by atoms with E-state index >= 15 is 0 Å². The summed E-state index contributed by atoms with van der Waals surface area (Å²) < 4.78 is 0.655. The monoisotopic (exact) mass is 301 g/mol. The van der Waals surface area contributed by atoms with Gasteiger partial charge in [0.15, 0.2) is 6.10 Å². The molecular formula is C11H12BrNO4. The molecular weight excluding hydrogens is 290 g/mol. The van der Waals surface area contributed by atoms with E-state index in [0.717, 1.165) is 5.56 Å². The summed E-state index contributed by atoms with van der Waals surface area (Å²) in [6, 6.07) is 5.18. The maximum absolute atomic E-state index is 11.7. The third kappa shape index (κ3) is 3.54. The highest BCUT2D eigenvalue weighted by atomic mass is 79.9. The summed E-state index contributed by atoms with van der Waals surface area (Å²) in [5.41, 5.74) is 1.30. The van der Waals surface area contributed by atoms with Crippen LogP contribution >= 0.6 is 15.9 Å². The maximum atomic E-state index is 11.7. The zero-order valence-corrected chi connectivity index (χ0v) is 10.7. The Labute approximate surface area is 107 Å². The molecule has 0 aliphatic heterocycles.